The number of ether oxygens (including phenoxy) is 1. The smallest absolute Gasteiger partial charge is 0.274 e. The maximum absolute atomic E-state index is 12.5. The largest absolute Gasteiger partial charge is 0.497 e. The highest BCUT2D eigenvalue weighted by molar-refractivity contribution is 6.05. The summed E-state index contributed by atoms with van der Waals surface area (Å²) in [5.74, 6) is 0.218. The molecule has 0 atom stereocenters. The summed E-state index contributed by atoms with van der Waals surface area (Å²) in [6.07, 6.45) is 0. The molecule has 1 aromatic heterocycles. The van der Waals surface area contributed by atoms with Gasteiger partial charge >= 0.3 is 0 Å². The summed E-state index contributed by atoms with van der Waals surface area (Å²) in [5, 5.41) is 6.39. The van der Waals surface area contributed by atoms with Crippen molar-refractivity contribution in [1.29, 1.82) is 0 Å². The van der Waals surface area contributed by atoms with Gasteiger partial charge in [-0.3, -0.25) is 9.59 Å². The molecule has 2 N–H and O–H groups in total. The van der Waals surface area contributed by atoms with E-state index in [0.717, 1.165) is 11.1 Å². The number of aromatic nitrogens is 1. The summed E-state index contributed by atoms with van der Waals surface area (Å²) in [6.45, 7) is 2.39. The minimum absolute atomic E-state index is 0.179. The second kappa shape index (κ2) is 7.65. The Morgan fingerprint density at radius 1 is 1.04 bits per heavy atom. The van der Waals surface area contributed by atoms with Crippen LogP contribution >= 0.6 is 0 Å². The molecule has 0 unspecified atom stereocenters. The van der Waals surface area contributed by atoms with Gasteiger partial charge in [0.15, 0.2) is 0 Å². The number of carbonyl (C=O) groups excluding carboxylic acids is 2. The lowest BCUT2D eigenvalue weighted by Crippen LogP contribution is -2.22. The van der Waals surface area contributed by atoms with Crippen molar-refractivity contribution in [3.63, 3.8) is 0 Å². The van der Waals surface area contributed by atoms with Gasteiger partial charge in [0.25, 0.3) is 11.8 Å². The van der Waals surface area contributed by atoms with E-state index >= 15 is 0 Å². The molecule has 6 nitrogen and oxygen atoms in total. The number of hydrogen-bond acceptors (Lipinski definition) is 4. The molecule has 3 aromatic rings. The molecular weight excluding hydrogens is 330 g/mol. The van der Waals surface area contributed by atoms with E-state index < -0.39 is 0 Å². The fourth-order valence-electron chi connectivity index (χ4n) is 2.55. The van der Waals surface area contributed by atoms with Crippen LogP contribution in [0.5, 0.6) is 5.75 Å². The molecule has 0 spiro atoms. The molecule has 26 heavy (non-hydrogen) atoms. The van der Waals surface area contributed by atoms with Crippen molar-refractivity contribution < 1.29 is 14.3 Å². The van der Waals surface area contributed by atoms with Gasteiger partial charge in [-0.25, -0.2) is 4.98 Å². The SMILES string of the molecule is CCNC(=O)c1cccc(NC(=O)c2ccc3cc(OC)ccc3n2)c1. The number of nitrogens with zero attached hydrogens (tertiary/aromatic N) is 1. The average molecular weight is 349 g/mol. The van der Waals surface area contributed by atoms with Crippen molar-refractivity contribution in [2.45, 2.75) is 6.92 Å². The molecule has 0 aliphatic rings. The maximum Gasteiger partial charge on any atom is 0.274 e. The topological polar surface area (TPSA) is 80.3 Å². The van der Waals surface area contributed by atoms with Gasteiger partial charge in [0, 0.05) is 23.2 Å². The molecule has 6 heteroatoms. The van der Waals surface area contributed by atoms with Crippen molar-refractivity contribution in [1.82, 2.24) is 10.3 Å². The van der Waals surface area contributed by atoms with Crippen LogP contribution in [0.15, 0.2) is 54.6 Å². The van der Waals surface area contributed by atoms with Crippen LogP contribution in [0.25, 0.3) is 10.9 Å². The van der Waals surface area contributed by atoms with Crippen molar-refractivity contribution in [3.05, 3.63) is 65.9 Å². The lowest BCUT2D eigenvalue weighted by Gasteiger charge is -2.08. The minimum atomic E-state index is -0.337. The zero-order valence-electron chi connectivity index (χ0n) is 14.6. The van der Waals surface area contributed by atoms with Crippen molar-refractivity contribution >= 4 is 28.4 Å². The van der Waals surface area contributed by atoms with Crippen molar-refractivity contribution in [2.75, 3.05) is 19.0 Å². The number of pyridine rings is 1. The summed E-state index contributed by atoms with van der Waals surface area (Å²) in [4.78, 5) is 28.8. The van der Waals surface area contributed by atoms with Gasteiger partial charge in [0.2, 0.25) is 0 Å². The molecule has 0 radical (unpaired) electrons. The first-order chi connectivity index (χ1) is 12.6. The molecule has 0 aliphatic heterocycles. The van der Waals surface area contributed by atoms with Gasteiger partial charge in [0.05, 0.1) is 12.6 Å². The molecule has 132 valence electrons. The fraction of sp³-hybridized carbons (Fsp3) is 0.150. The van der Waals surface area contributed by atoms with E-state index in [4.69, 9.17) is 4.74 Å². The second-order valence-corrected chi connectivity index (χ2v) is 5.65. The van der Waals surface area contributed by atoms with Gasteiger partial charge in [-0.1, -0.05) is 12.1 Å². The van der Waals surface area contributed by atoms with Crippen LogP contribution < -0.4 is 15.4 Å². The van der Waals surface area contributed by atoms with E-state index in [-0.39, 0.29) is 11.8 Å². The van der Waals surface area contributed by atoms with E-state index in [9.17, 15) is 9.59 Å². The highest BCUT2D eigenvalue weighted by atomic mass is 16.5. The van der Waals surface area contributed by atoms with Crippen LogP contribution in [0.1, 0.15) is 27.8 Å². The molecule has 0 aliphatic carbocycles. The first-order valence-electron chi connectivity index (χ1n) is 8.25. The number of rotatable bonds is 5. The zero-order chi connectivity index (χ0) is 18.5. The Morgan fingerprint density at radius 2 is 1.88 bits per heavy atom. The van der Waals surface area contributed by atoms with Gasteiger partial charge in [-0.2, -0.15) is 0 Å². The van der Waals surface area contributed by atoms with Gasteiger partial charge in [0.1, 0.15) is 11.4 Å². The van der Waals surface area contributed by atoms with Crippen LogP contribution in [-0.2, 0) is 0 Å². The third kappa shape index (κ3) is 3.80. The highest BCUT2D eigenvalue weighted by Gasteiger charge is 2.11. The number of nitrogens with one attached hydrogen (secondary N) is 2. The van der Waals surface area contributed by atoms with E-state index in [1.165, 1.54) is 0 Å². The lowest BCUT2D eigenvalue weighted by atomic mass is 10.1. The van der Waals surface area contributed by atoms with Crippen molar-refractivity contribution in [2.24, 2.45) is 0 Å². The number of hydrogen-bond donors (Lipinski definition) is 2. The summed E-state index contributed by atoms with van der Waals surface area (Å²) in [7, 11) is 1.60. The molecule has 0 fully saturated rings. The number of fused-ring (bicyclic) bond motifs is 1. The van der Waals surface area contributed by atoms with E-state index in [0.29, 0.717) is 29.0 Å². The number of anilines is 1. The molecule has 1 heterocycles. The van der Waals surface area contributed by atoms with E-state index in [2.05, 4.69) is 15.6 Å². The maximum atomic E-state index is 12.5. The number of amides is 2. The molecule has 0 bridgehead atoms. The first kappa shape index (κ1) is 17.4. The van der Waals surface area contributed by atoms with Crippen LogP contribution in [0.4, 0.5) is 5.69 Å². The Bertz CT molecular complexity index is 969. The second-order valence-electron chi connectivity index (χ2n) is 5.65. The number of carbonyl (C=O) groups is 2. The quantitative estimate of drug-likeness (QED) is 0.741. The average Bonchev–Trinajstić information content (AvgIpc) is 2.67. The molecule has 0 saturated heterocycles. The summed E-state index contributed by atoms with van der Waals surface area (Å²) >= 11 is 0. The summed E-state index contributed by atoms with van der Waals surface area (Å²) in [5.41, 5.74) is 2.03. The lowest BCUT2D eigenvalue weighted by molar-refractivity contribution is 0.0954. The Hall–Kier alpha value is -3.41. The Labute approximate surface area is 151 Å². The molecule has 3 rings (SSSR count). The van der Waals surface area contributed by atoms with Crippen molar-refractivity contribution in [3.8, 4) is 5.75 Å². The molecule has 2 aromatic carbocycles. The summed E-state index contributed by atoms with van der Waals surface area (Å²) in [6, 6.07) is 15.7. The first-order valence-corrected chi connectivity index (χ1v) is 8.25. The van der Waals surface area contributed by atoms with Gasteiger partial charge in [-0.05, 0) is 49.4 Å². The fourth-order valence-corrected chi connectivity index (χ4v) is 2.55. The molecule has 0 saturated carbocycles. The third-order valence-corrected chi connectivity index (χ3v) is 3.85. The highest BCUT2D eigenvalue weighted by Crippen LogP contribution is 2.20. The number of benzene rings is 2. The van der Waals surface area contributed by atoms with Crippen LogP contribution in [-0.4, -0.2) is 30.5 Å². The monoisotopic (exact) mass is 349 g/mol. The van der Waals surface area contributed by atoms with E-state index in [1.54, 1.807) is 49.6 Å². The molecular formula is C20H19N3O3. The van der Waals surface area contributed by atoms with Gasteiger partial charge < -0.3 is 15.4 Å². The van der Waals surface area contributed by atoms with Gasteiger partial charge in [-0.15, -0.1) is 0 Å². The third-order valence-electron chi connectivity index (χ3n) is 3.85. The Morgan fingerprint density at radius 3 is 2.65 bits per heavy atom. The zero-order valence-corrected chi connectivity index (χ0v) is 14.6. The van der Waals surface area contributed by atoms with Crippen LogP contribution in [0.2, 0.25) is 0 Å². The predicted molar refractivity (Wildman–Crippen MR) is 101 cm³/mol. The Kier molecular flexibility index (Phi) is 5.12. The summed E-state index contributed by atoms with van der Waals surface area (Å²) < 4.78 is 5.19. The van der Waals surface area contributed by atoms with Crippen LogP contribution in [0.3, 0.4) is 0 Å². The van der Waals surface area contributed by atoms with Crippen LogP contribution in [0, 0.1) is 0 Å². The predicted octanol–water partition coefficient (Wildman–Crippen LogP) is 3.25. The van der Waals surface area contributed by atoms with E-state index in [1.807, 2.05) is 19.1 Å². The number of methoxy groups -OCH3 is 1. The Balaban J connectivity index is 1.80. The normalized spacial score (nSPS) is 10.4. The molecule has 2 amide bonds. The standard InChI is InChI=1S/C20H19N3O3/c1-3-21-19(24)14-5-4-6-15(11-14)22-20(25)18-9-7-13-12-16(26-2)8-10-17(13)23-18/h4-12H,3H2,1-2H3,(H,21,24)(H,22,25). The minimum Gasteiger partial charge on any atom is -0.497 e.